The average molecular weight is 1130 g/mol. The molecule has 0 aliphatic heterocycles. The maximum Gasteiger partial charge on any atom is 0.267 e. The minimum absolute atomic E-state index is 0. The molecule has 6 heteroatoms. The minimum atomic E-state index is -0.284. The second-order valence-electron chi connectivity index (χ2n) is 24.5. The minimum Gasteiger partial charge on any atom is -0.510 e. The fourth-order valence-electron chi connectivity index (χ4n) is 10.1. The van der Waals surface area contributed by atoms with Crippen LogP contribution in [-0.4, -0.2) is 14.1 Å². The van der Waals surface area contributed by atoms with Gasteiger partial charge in [-0.3, -0.25) is 4.57 Å². The molecular formula is C66H72N4OPt-2. The van der Waals surface area contributed by atoms with Gasteiger partial charge in [-0.05, 0) is 102 Å². The second kappa shape index (κ2) is 19.1. The Labute approximate surface area is 444 Å². The zero-order valence-corrected chi connectivity index (χ0v) is 47.6. The number of hydrogen-bond donors (Lipinski definition) is 0. The Kier molecular flexibility index (Phi) is 13.9. The van der Waals surface area contributed by atoms with Gasteiger partial charge in [-0.15, -0.1) is 35.2 Å². The summed E-state index contributed by atoms with van der Waals surface area (Å²) in [6, 6.07) is 55.6. The van der Waals surface area contributed by atoms with E-state index >= 15 is 0 Å². The van der Waals surface area contributed by atoms with Gasteiger partial charge >= 0.3 is 0 Å². The first-order valence-corrected chi connectivity index (χ1v) is 25.4. The molecule has 3 aromatic heterocycles. The van der Waals surface area contributed by atoms with Gasteiger partial charge < -0.3 is 13.9 Å². The smallest absolute Gasteiger partial charge is 0.267 e. The third-order valence-electron chi connectivity index (χ3n) is 14.1. The van der Waals surface area contributed by atoms with E-state index in [2.05, 4.69) is 270 Å². The number of fused-ring (bicyclic) bond motifs is 3. The summed E-state index contributed by atoms with van der Waals surface area (Å²) in [7, 11) is 0. The van der Waals surface area contributed by atoms with Gasteiger partial charge in [0.15, 0.2) is 0 Å². The molecule has 0 saturated heterocycles. The maximum absolute atomic E-state index is 7.08. The zero-order valence-electron chi connectivity index (χ0n) is 45.4. The summed E-state index contributed by atoms with van der Waals surface area (Å²) in [5.41, 5.74) is 13.9. The number of pyridine rings is 1. The van der Waals surface area contributed by atoms with Gasteiger partial charge in [0.1, 0.15) is 5.82 Å². The van der Waals surface area contributed by atoms with E-state index in [-0.39, 0.29) is 48.1 Å². The number of imidazole rings is 1. The number of para-hydroxylation sites is 1. The zero-order chi connectivity index (χ0) is 51.0. The van der Waals surface area contributed by atoms with Crippen molar-refractivity contribution in [3.8, 4) is 39.8 Å². The van der Waals surface area contributed by atoms with E-state index in [1.54, 1.807) is 0 Å². The van der Waals surface area contributed by atoms with E-state index in [0.717, 1.165) is 50.1 Å². The van der Waals surface area contributed by atoms with Crippen LogP contribution in [0.5, 0.6) is 11.5 Å². The molecule has 5 nitrogen and oxygen atoms in total. The molecule has 0 radical (unpaired) electrons. The van der Waals surface area contributed by atoms with Crippen LogP contribution >= 0.6 is 0 Å². The van der Waals surface area contributed by atoms with Gasteiger partial charge in [-0.1, -0.05) is 195 Å². The molecule has 0 aliphatic carbocycles. The first-order chi connectivity index (χ1) is 33.3. The van der Waals surface area contributed by atoms with Gasteiger partial charge in [-0.2, -0.15) is 12.1 Å². The van der Waals surface area contributed by atoms with E-state index in [1.807, 2.05) is 12.3 Å². The first kappa shape index (κ1) is 52.3. The number of rotatable bonds is 9. The van der Waals surface area contributed by atoms with Crippen molar-refractivity contribution in [1.82, 2.24) is 14.1 Å². The molecule has 6 aromatic carbocycles. The molecule has 0 spiro atoms. The van der Waals surface area contributed by atoms with Crippen LogP contribution in [0.2, 0.25) is 0 Å². The molecule has 9 aromatic rings. The third-order valence-corrected chi connectivity index (χ3v) is 14.1. The van der Waals surface area contributed by atoms with Crippen LogP contribution in [0.1, 0.15) is 156 Å². The van der Waals surface area contributed by atoms with Crippen molar-refractivity contribution in [3.63, 3.8) is 0 Å². The molecule has 0 N–H and O–H groups in total. The van der Waals surface area contributed by atoms with E-state index in [4.69, 9.17) is 9.72 Å². The largest absolute Gasteiger partial charge is 0.510 e. The molecular weight excluding hydrogens is 1060 g/mol. The fourth-order valence-corrected chi connectivity index (χ4v) is 10.1. The molecule has 3 heterocycles. The quantitative estimate of drug-likeness (QED) is 0.107. The summed E-state index contributed by atoms with van der Waals surface area (Å²) in [6.07, 6.45) is 5.91. The van der Waals surface area contributed by atoms with Crippen molar-refractivity contribution in [3.05, 3.63) is 197 Å². The van der Waals surface area contributed by atoms with Crippen molar-refractivity contribution in [2.24, 2.45) is 0 Å². The second-order valence-corrected chi connectivity index (χ2v) is 24.5. The van der Waals surface area contributed by atoms with Gasteiger partial charge in [0.05, 0.1) is 17.1 Å². The predicted molar refractivity (Wildman–Crippen MR) is 295 cm³/mol. The molecule has 72 heavy (non-hydrogen) atoms. The summed E-state index contributed by atoms with van der Waals surface area (Å²) in [5.74, 6) is 2.31. The van der Waals surface area contributed by atoms with Crippen molar-refractivity contribution >= 4 is 21.8 Å². The fraction of sp³-hybridized carbons (Fsp3) is 0.333. The normalized spacial score (nSPS) is 12.7. The van der Waals surface area contributed by atoms with Gasteiger partial charge in [0.25, 0.3) is 6.33 Å². The average Bonchev–Trinajstić information content (AvgIpc) is 3.89. The van der Waals surface area contributed by atoms with E-state index < -0.39 is 0 Å². The van der Waals surface area contributed by atoms with Crippen LogP contribution in [0, 0.1) is 18.5 Å². The molecule has 9 rings (SSSR count). The SMILES string of the molecule is CC(C)c1ccccc1-c1cc(Oc2[c-]c3c(cc2)c2ccccc2n3-c2cc(C(C)(C)c3ccccc3)ccn2)[c-]c(-n2[c-][n+](-c3cc(C(C)(C)C)cc(C(C)(C)C)c3)c(C(C)(C)C)c2C(C)(C)C)c1.[Pt]. The molecule has 374 valence electrons. The van der Waals surface area contributed by atoms with E-state index in [9.17, 15) is 0 Å². The van der Waals surface area contributed by atoms with Crippen molar-refractivity contribution < 1.29 is 30.4 Å². The number of ether oxygens (including phenoxy) is 1. The van der Waals surface area contributed by atoms with Crippen LogP contribution in [0.3, 0.4) is 0 Å². The Morgan fingerprint density at radius 3 is 1.83 bits per heavy atom. The molecule has 0 unspecified atom stereocenters. The molecule has 0 bridgehead atoms. The van der Waals surface area contributed by atoms with E-state index in [0.29, 0.717) is 17.4 Å². The van der Waals surface area contributed by atoms with Gasteiger partial charge in [0.2, 0.25) is 0 Å². The van der Waals surface area contributed by atoms with Crippen LogP contribution in [-0.2, 0) is 48.1 Å². The first-order valence-electron chi connectivity index (χ1n) is 25.4. The molecule has 0 atom stereocenters. The van der Waals surface area contributed by atoms with Crippen molar-refractivity contribution in [2.45, 2.75) is 144 Å². The van der Waals surface area contributed by atoms with Crippen LogP contribution in [0.15, 0.2) is 140 Å². The standard InChI is InChI=1S/C66H72N4O.Pt/c1-43(2)53-26-20-21-27-54(53)44-34-49(68-42-69(61(65(12,13)14)60(68)64(9,10)11)50-37-47(62(3,4)5)36-48(38-50)63(6,7)8)40-52(35-44)71-51-30-31-56-55-28-22-23-29-57(55)70(58(56)41-51)59-39-46(32-33-67-59)66(15,16)45-24-18-17-19-25-45;/h17-39,43H,1-16H3;/q-2;. The van der Waals surface area contributed by atoms with Gasteiger partial charge in [0, 0.05) is 49.7 Å². The summed E-state index contributed by atoms with van der Waals surface area (Å²) < 4.78 is 13.9. The van der Waals surface area contributed by atoms with E-state index in [1.165, 1.54) is 39.2 Å². The van der Waals surface area contributed by atoms with Gasteiger partial charge in [-0.25, -0.2) is 4.98 Å². The Bertz CT molecular complexity index is 3400. The molecule has 0 saturated carbocycles. The molecule has 0 fully saturated rings. The topological polar surface area (TPSA) is 35.9 Å². The molecule has 0 aliphatic rings. The summed E-state index contributed by atoms with van der Waals surface area (Å²) in [6.45, 7) is 36.8. The Hall–Kier alpha value is -6.03. The van der Waals surface area contributed by atoms with Crippen molar-refractivity contribution in [1.29, 1.82) is 0 Å². The maximum atomic E-state index is 7.08. The number of benzene rings is 6. The third kappa shape index (κ3) is 10.0. The van der Waals surface area contributed by atoms with Crippen molar-refractivity contribution in [2.75, 3.05) is 0 Å². The summed E-state index contributed by atoms with van der Waals surface area (Å²) in [5, 5.41) is 2.21. The number of hydrogen-bond acceptors (Lipinski definition) is 2. The Morgan fingerprint density at radius 1 is 0.556 bits per heavy atom. The summed E-state index contributed by atoms with van der Waals surface area (Å²) >= 11 is 0. The number of aromatic nitrogens is 4. The predicted octanol–water partition coefficient (Wildman–Crippen LogP) is 16.7. The van der Waals surface area contributed by atoms with Crippen LogP contribution in [0.4, 0.5) is 0 Å². The van der Waals surface area contributed by atoms with Crippen LogP contribution < -0.4 is 9.30 Å². The molecule has 0 amide bonds. The Morgan fingerprint density at radius 2 is 1.19 bits per heavy atom. The monoisotopic (exact) mass is 1130 g/mol. The summed E-state index contributed by atoms with van der Waals surface area (Å²) in [4.78, 5) is 5.01. The Balaban J connectivity index is 0.00000693. The van der Waals surface area contributed by atoms with Crippen LogP contribution in [0.25, 0.3) is 50.1 Å². The number of nitrogens with zero attached hydrogens (tertiary/aromatic N) is 4.